The summed E-state index contributed by atoms with van der Waals surface area (Å²) in [5, 5.41) is 6.22. The molecule has 0 bridgehead atoms. The first-order valence-electron chi connectivity index (χ1n) is 8.42. The third-order valence-electron chi connectivity index (χ3n) is 4.64. The molecule has 2 N–H and O–H groups in total. The summed E-state index contributed by atoms with van der Waals surface area (Å²) in [5.41, 5.74) is 3.50. The van der Waals surface area contributed by atoms with Crippen LogP contribution in [0.1, 0.15) is 5.56 Å². The molecular weight excluding hydrogens is 342 g/mol. The number of hydrogen-bond donors (Lipinski definition) is 2. The molecule has 0 fully saturated rings. The first-order valence-corrected chi connectivity index (χ1v) is 8.42. The first kappa shape index (κ1) is 15.4. The lowest BCUT2D eigenvalue weighted by Crippen LogP contribution is -2.17. The molecule has 7 nitrogen and oxygen atoms in total. The van der Waals surface area contributed by atoms with Crippen molar-refractivity contribution in [1.29, 1.82) is 0 Å². The van der Waals surface area contributed by atoms with Crippen molar-refractivity contribution in [2.24, 2.45) is 5.10 Å². The highest BCUT2D eigenvalue weighted by molar-refractivity contribution is 6.04. The SMILES string of the molecule is COc1ccc2c(c1)[nH]c1c(=O)n(/N=C/c3c[nH]c4ccccc34)cnc12. The fourth-order valence-corrected chi connectivity index (χ4v) is 3.26. The molecular formula is C20H15N5O2. The van der Waals surface area contributed by atoms with E-state index in [0.717, 1.165) is 27.4 Å². The van der Waals surface area contributed by atoms with E-state index in [1.165, 1.54) is 11.0 Å². The van der Waals surface area contributed by atoms with Gasteiger partial charge in [0.2, 0.25) is 0 Å². The number of aromatic amines is 2. The fraction of sp³-hybridized carbons (Fsp3) is 0.0500. The topological polar surface area (TPSA) is 88.1 Å². The minimum Gasteiger partial charge on any atom is -0.497 e. The molecule has 0 atom stereocenters. The molecule has 3 aromatic heterocycles. The van der Waals surface area contributed by atoms with Crippen LogP contribution in [0.4, 0.5) is 0 Å². The number of fused-ring (bicyclic) bond motifs is 4. The largest absolute Gasteiger partial charge is 0.497 e. The number of hydrogen-bond acceptors (Lipinski definition) is 4. The molecule has 27 heavy (non-hydrogen) atoms. The Kier molecular flexibility index (Phi) is 3.33. The minimum atomic E-state index is -0.258. The Labute approximate surface area is 152 Å². The van der Waals surface area contributed by atoms with E-state index in [1.807, 2.05) is 48.7 Å². The third kappa shape index (κ3) is 2.40. The normalized spacial score (nSPS) is 11.9. The number of H-pyrrole nitrogens is 2. The van der Waals surface area contributed by atoms with E-state index in [9.17, 15) is 4.79 Å². The Balaban J connectivity index is 1.62. The van der Waals surface area contributed by atoms with Gasteiger partial charge in [0.25, 0.3) is 5.56 Å². The molecule has 0 radical (unpaired) electrons. The molecule has 0 aliphatic heterocycles. The predicted molar refractivity (Wildman–Crippen MR) is 106 cm³/mol. The van der Waals surface area contributed by atoms with Crippen molar-refractivity contribution in [1.82, 2.24) is 19.6 Å². The number of ether oxygens (including phenoxy) is 1. The van der Waals surface area contributed by atoms with E-state index in [4.69, 9.17) is 4.74 Å². The van der Waals surface area contributed by atoms with Crippen molar-refractivity contribution < 1.29 is 4.74 Å². The van der Waals surface area contributed by atoms with Crippen LogP contribution in [0.5, 0.6) is 5.75 Å². The number of nitrogens with zero attached hydrogens (tertiary/aromatic N) is 3. The van der Waals surface area contributed by atoms with Crippen LogP contribution in [0, 0.1) is 0 Å². The average Bonchev–Trinajstić information content (AvgIpc) is 3.28. The maximum Gasteiger partial charge on any atom is 0.298 e. The number of para-hydroxylation sites is 1. The summed E-state index contributed by atoms with van der Waals surface area (Å²) in [6.45, 7) is 0. The second-order valence-corrected chi connectivity index (χ2v) is 6.19. The highest BCUT2D eigenvalue weighted by atomic mass is 16.5. The molecule has 132 valence electrons. The molecule has 0 aliphatic carbocycles. The van der Waals surface area contributed by atoms with Gasteiger partial charge in [-0.1, -0.05) is 18.2 Å². The molecule has 0 unspecified atom stereocenters. The number of methoxy groups -OCH3 is 1. The third-order valence-corrected chi connectivity index (χ3v) is 4.64. The number of nitrogens with one attached hydrogen (secondary N) is 2. The van der Waals surface area contributed by atoms with Crippen molar-refractivity contribution in [3.8, 4) is 5.75 Å². The highest BCUT2D eigenvalue weighted by Crippen LogP contribution is 2.25. The summed E-state index contributed by atoms with van der Waals surface area (Å²) in [6.07, 6.45) is 4.95. The van der Waals surface area contributed by atoms with Crippen LogP contribution >= 0.6 is 0 Å². The second-order valence-electron chi connectivity index (χ2n) is 6.19. The van der Waals surface area contributed by atoms with Gasteiger partial charge in [-0.2, -0.15) is 9.78 Å². The van der Waals surface area contributed by atoms with Gasteiger partial charge in [0, 0.05) is 34.1 Å². The highest BCUT2D eigenvalue weighted by Gasteiger charge is 2.11. The molecule has 0 aliphatic rings. The maximum absolute atomic E-state index is 12.8. The van der Waals surface area contributed by atoms with Gasteiger partial charge in [-0.25, -0.2) is 4.98 Å². The van der Waals surface area contributed by atoms with Crippen LogP contribution in [0.25, 0.3) is 32.8 Å². The van der Waals surface area contributed by atoms with E-state index in [0.29, 0.717) is 16.8 Å². The first-order chi connectivity index (χ1) is 13.2. The van der Waals surface area contributed by atoms with E-state index in [-0.39, 0.29) is 5.56 Å². The van der Waals surface area contributed by atoms with Crippen molar-refractivity contribution in [2.45, 2.75) is 0 Å². The van der Waals surface area contributed by atoms with Crippen molar-refractivity contribution in [3.05, 3.63) is 70.9 Å². The van der Waals surface area contributed by atoms with Gasteiger partial charge in [0.1, 0.15) is 23.1 Å². The smallest absolute Gasteiger partial charge is 0.298 e. The van der Waals surface area contributed by atoms with Crippen molar-refractivity contribution in [2.75, 3.05) is 7.11 Å². The lowest BCUT2D eigenvalue weighted by atomic mass is 10.2. The molecule has 5 rings (SSSR count). The number of benzene rings is 2. The predicted octanol–water partition coefficient (Wildman–Crippen LogP) is 3.25. The van der Waals surface area contributed by atoms with E-state index in [1.54, 1.807) is 13.3 Å². The van der Waals surface area contributed by atoms with Crippen LogP contribution in [-0.2, 0) is 0 Å². The molecule has 0 amide bonds. The Morgan fingerprint density at radius 2 is 2.04 bits per heavy atom. The van der Waals surface area contributed by atoms with Crippen LogP contribution in [0.3, 0.4) is 0 Å². The van der Waals surface area contributed by atoms with E-state index in [2.05, 4.69) is 20.1 Å². The minimum absolute atomic E-state index is 0.258. The average molecular weight is 357 g/mol. The van der Waals surface area contributed by atoms with Gasteiger partial charge < -0.3 is 14.7 Å². The summed E-state index contributed by atoms with van der Waals surface area (Å²) in [6, 6.07) is 13.5. The lowest BCUT2D eigenvalue weighted by molar-refractivity contribution is 0.415. The van der Waals surface area contributed by atoms with Gasteiger partial charge in [-0.05, 0) is 18.2 Å². The zero-order chi connectivity index (χ0) is 18.4. The summed E-state index contributed by atoms with van der Waals surface area (Å²) < 4.78 is 6.47. The number of aromatic nitrogens is 4. The monoisotopic (exact) mass is 357 g/mol. The van der Waals surface area contributed by atoms with Crippen LogP contribution in [0.15, 0.2) is 64.9 Å². The van der Waals surface area contributed by atoms with Crippen molar-refractivity contribution in [3.63, 3.8) is 0 Å². The van der Waals surface area contributed by atoms with Gasteiger partial charge in [-0.3, -0.25) is 4.79 Å². The van der Waals surface area contributed by atoms with E-state index >= 15 is 0 Å². The molecule has 3 heterocycles. The molecule has 0 saturated heterocycles. The second kappa shape index (κ2) is 5.84. The zero-order valence-corrected chi connectivity index (χ0v) is 14.4. The van der Waals surface area contributed by atoms with Gasteiger partial charge in [0.15, 0.2) is 0 Å². The molecule has 5 aromatic rings. The Morgan fingerprint density at radius 3 is 2.93 bits per heavy atom. The summed E-state index contributed by atoms with van der Waals surface area (Å²) in [5.74, 6) is 0.715. The Hall–Kier alpha value is -3.87. The molecule has 0 saturated carbocycles. The Bertz CT molecular complexity index is 1390. The van der Waals surface area contributed by atoms with Crippen LogP contribution < -0.4 is 10.3 Å². The summed E-state index contributed by atoms with van der Waals surface area (Å²) >= 11 is 0. The number of rotatable bonds is 3. The van der Waals surface area contributed by atoms with Gasteiger partial charge in [-0.15, -0.1) is 0 Å². The quantitative estimate of drug-likeness (QED) is 0.486. The van der Waals surface area contributed by atoms with Gasteiger partial charge >= 0.3 is 0 Å². The zero-order valence-electron chi connectivity index (χ0n) is 14.4. The van der Waals surface area contributed by atoms with Gasteiger partial charge in [0.05, 0.1) is 18.8 Å². The molecule has 7 heteroatoms. The maximum atomic E-state index is 12.8. The summed E-state index contributed by atoms with van der Waals surface area (Å²) in [7, 11) is 1.61. The Morgan fingerprint density at radius 1 is 1.15 bits per heavy atom. The van der Waals surface area contributed by atoms with Crippen LogP contribution in [-0.4, -0.2) is 33.0 Å². The molecule has 0 spiro atoms. The lowest BCUT2D eigenvalue weighted by Gasteiger charge is -1.98. The fourth-order valence-electron chi connectivity index (χ4n) is 3.26. The van der Waals surface area contributed by atoms with E-state index < -0.39 is 0 Å². The van der Waals surface area contributed by atoms with Crippen molar-refractivity contribution >= 4 is 39.1 Å². The standard InChI is InChI=1S/C20H15N5O2/c1-27-13-6-7-15-17(8-13)24-19-18(15)22-11-25(20(19)26)23-10-12-9-21-16-5-3-2-4-14(12)16/h2-11,21,24H,1H3/b23-10+. The van der Waals surface area contributed by atoms with Crippen LogP contribution in [0.2, 0.25) is 0 Å². The summed E-state index contributed by atoms with van der Waals surface area (Å²) in [4.78, 5) is 23.5. The molecule has 2 aromatic carbocycles.